The molecule has 0 radical (unpaired) electrons. The fraction of sp³-hybridized carbons (Fsp3) is 0.286. The molecule has 0 aliphatic rings. The van der Waals surface area contributed by atoms with Crippen molar-refractivity contribution in [1.29, 1.82) is 0 Å². The third-order valence-electron chi connectivity index (χ3n) is 2.55. The molecule has 2 rings (SSSR count). The Hall–Kier alpha value is -1.10. The van der Waals surface area contributed by atoms with E-state index in [1.807, 2.05) is 24.3 Å². The van der Waals surface area contributed by atoms with E-state index in [9.17, 15) is 0 Å². The first-order valence-corrected chi connectivity index (χ1v) is 6.68. The second-order valence-corrected chi connectivity index (χ2v) is 4.81. The van der Waals surface area contributed by atoms with Gasteiger partial charge in [0.2, 0.25) is 0 Å². The Kier molecular flexibility index (Phi) is 5.45. The molecule has 3 nitrogen and oxygen atoms in total. The Balaban J connectivity index is 1.58. The van der Waals surface area contributed by atoms with Gasteiger partial charge in [0.1, 0.15) is 0 Å². The van der Waals surface area contributed by atoms with Crippen molar-refractivity contribution in [2.45, 2.75) is 13.2 Å². The maximum absolute atomic E-state index is 5.60. The van der Waals surface area contributed by atoms with Crippen LogP contribution in [-0.4, -0.2) is 13.2 Å². The summed E-state index contributed by atoms with van der Waals surface area (Å²) in [7, 11) is 0. The molecule has 1 N–H and O–H groups in total. The first-order chi connectivity index (χ1) is 8.86. The fourth-order valence-corrected chi connectivity index (χ4v) is 1.97. The number of ether oxygens (including phenoxy) is 1. The largest absolute Gasteiger partial charge is 0.472 e. The molecule has 2 aromatic rings. The zero-order chi connectivity index (χ0) is 12.6. The zero-order valence-corrected chi connectivity index (χ0v) is 11.7. The number of furan rings is 1. The van der Waals surface area contributed by atoms with Gasteiger partial charge in [0.05, 0.1) is 25.7 Å². The Morgan fingerprint density at radius 3 is 2.89 bits per heavy atom. The van der Waals surface area contributed by atoms with E-state index in [0.29, 0.717) is 13.2 Å². The summed E-state index contributed by atoms with van der Waals surface area (Å²) < 4.78 is 11.7. The minimum atomic E-state index is 0.634. The van der Waals surface area contributed by atoms with Gasteiger partial charge in [-0.1, -0.05) is 34.1 Å². The number of halogens is 1. The highest BCUT2D eigenvalue weighted by atomic mass is 79.9. The van der Waals surface area contributed by atoms with Crippen LogP contribution in [0.15, 0.2) is 51.7 Å². The highest BCUT2D eigenvalue weighted by Crippen LogP contribution is 2.16. The van der Waals surface area contributed by atoms with Crippen molar-refractivity contribution in [2.24, 2.45) is 0 Å². The van der Waals surface area contributed by atoms with Crippen LogP contribution in [0.3, 0.4) is 0 Å². The van der Waals surface area contributed by atoms with Crippen LogP contribution in [0.4, 0.5) is 0 Å². The molecule has 0 fully saturated rings. The molecule has 0 saturated heterocycles. The van der Waals surface area contributed by atoms with E-state index in [1.165, 1.54) is 5.56 Å². The molecule has 0 saturated carbocycles. The van der Waals surface area contributed by atoms with Gasteiger partial charge >= 0.3 is 0 Å². The molecule has 1 heterocycles. The summed E-state index contributed by atoms with van der Waals surface area (Å²) in [4.78, 5) is 0. The lowest BCUT2D eigenvalue weighted by atomic mass is 10.2. The van der Waals surface area contributed by atoms with Crippen LogP contribution in [0.5, 0.6) is 0 Å². The summed E-state index contributed by atoms with van der Waals surface area (Å²) in [5.74, 6) is 0. The first kappa shape index (κ1) is 13.3. The molecule has 1 aromatic carbocycles. The summed E-state index contributed by atoms with van der Waals surface area (Å²) in [6.45, 7) is 2.97. The van der Waals surface area contributed by atoms with Gasteiger partial charge < -0.3 is 14.5 Å². The van der Waals surface area contributed by atoms with Crippen LogP contribution in [-0.2, 0) is 17.9 Å². The number of hydrogen-bond donors (Lipinski definition) is 1. The molecule has 0 bridgehead atoms. The summed E-state index contributed by atoms with van der Waals surface area (Å²) >= 11 is 3.50. The Labute approximate surface area is 115 Å². The quantitative estimate of drug-likeness (QED) is 0.797. The molecule has 0 atom stereocenters. The van der Waals surface area contributed by atoms with Crippen LogP contribution in [0.2, 0.25) is 0 Å². The lowest BCUT2D eigenvalue weighted by Gasteiger charge is -2.06. The lowest BCUT2D eigenvalue weighted by molar-refractivity contribution is 0.122. The van der Waals surface area contributed by atoms with Gasteiger partial charge in [-0.15, -0.1) is 0 Å². The third-order valence-corrected chi connectivity index (χ3v) is 3.32. The monoisotopic (exact) mass is 309 g/mol. The van der Waals surface area contributed by atoms with E-state index in [-0.39, 0.29) is 0 Å². The Morgan fingerprint density at radius 2 is 2.11 bits per heavy atom. The van der Waals surface area contributed by atoms with Crippen molar-refractivity contribution in [1.82, 2.24) is 5.32 Å². The van der Waals surface area contributed by atoms with Gasteiger partial charge in [-0.3, -0.25) is 0 Å². The molecule has 96 valence electrons. The average Bonchev–Trinajstić information content (AvgIpc) is 2.89. The van der Waals surface area contributed by atoms with Crippen LogP contribution in [0.25, 0.3) is 0 Å². The second kappa shape index (κ2) is 7.36. The fourth-order valence-electron chi connectivity index (χ4n) is 1.57. The van der Waals surface area contributed by atoms with Gasteiger partial charge in [0.25, 0.3) is 0 Å². The van der Waals surface area contributed by atoms with Gasteiger partial charge in [0, 0.05) is 23.1 Å². The predicted molar refractivity (Wildman–Crippen MR) is 74.2 cm³/mol. The molecule has 0 aliphatic carbocycles. The van der Waals surface area contributed by atoms with Crippen LogP contribution in [0.1, 0.15) is 11.1 Å². The van der Waals surface area contributed by atoms with Crippen molar-refractivity contribution in [3.05, 3.63) is 58.5 Å². The molecule has 0 amide bonds. The topological polar surface area (TPSA) is 34.4 Å². The number of hydrogen-bond acceptors (Lipinski definition) is 3. The standard InChI is InChI=1S/C14H16BrNO2/c15-14-4-2-1-3-13(14)11-18-8-6-16-9-12-5-7-17-10-12/h1-5,7,10,16H,6,8-9,11H2. The summed E-state index contributed by atoms with van der Waals surface area (Å²) in [5.41, 5.74) is 2.33. The van der Waals surface area contributed by atoms with E-state index in [2.05, 4.69) is 27.3 Å². The smallest absolute Gasteiger partial charge is 0.0947 e. The maximum atomic E-state index is 5.60. The number of benzene rings is 1. The zero-order valence-electron chi connectivity index (χ0n) is 10.1. The SMILES string of the molecule is Brc1ccccc1COCCNCc1ccoc1. The van der Waals surface area contributed by atoms with E-state index in [4.69, 9.17) is 9.15 Å². The maximum Gasteiger partial charge on any atom is 0.0947 e. The normalized spacial score (nSPS) is 10.7. The van der Waals surface area contributed by atoms with Crippen molar-refractivity contribution in [3.8, 4) is 0 Å². The third kappa shape index (κ3) is 4.29. The molecular weight excluding hydrogens is 294 g/mol. The van der Waals surface area contributed by atoms with E-state index in [1.54, 1.807) is 12.5 Å². The molecule has 4 heteroatoms. The summed E-state index contributed by atoms with van der Waals surface area (Å²) in [5, 5.41) is 3.29. The van der Waals surface area contributed by atoms with Crippen molar-refractivity contribution >= 4 is 15.9 Å². The average molecular weight is 310 g/mol. The van der Waals surface area contributed by atoms with Gasteiger partial charge in [-0.05, 0) is 17.7 Å². The van der Waals surface area contributed by atoms with Crippen molar-refractivity contribution < 1.29 is 9.15 Å². The summed E-state index contributed by atoms with van der Waals surface area (Å²) in [6, 6.07) is 10.1. The minimum Gasteiger partial charge on any atom is -0.472 e. The van der Waals surface area contributed by atoms with E-state index in [0.717, 1.165) is 23.1 Å². The predicted octanol–water partition coefficient (Wildman–Crippen LogP) is 3.35. The molecular formula is C14H16BrNO2. The molecule has 1 aromatic heterocycles. The molecule has 18 heavy (non-hydrogen) atoms. The second-order valence-electron chi connectivity index (χ2n) is 3.95. The highest BCUT2D eigenvalue weighted by Gasteiger charge is 1.98. The highest BCUT2D eigenvalue weighted by molar-refractivity contribution is 9.10. The van der Waals surface area contributed by atoms with Gasteiger partial charge in [0.15, 0.2) is 0 Å². The van der Waals surface area contributed by atoms with Gasteiger partial charge in [-0.2, -0.15) is 0 Å². The van der Waals surface area contributed by atoms with Crippen molar-refractivity contribution in [2.75, 3.05) is 13.2 Å². The van der Waals surface area contributed by atoms with Crippen LogP contribution >= 0.6 is 15.9 Å². The Morgan fingerprint density at radius 1 is 1.22 bits per heavy atom. The summed E-state index contributed by atoms with van der Waals surface area (Å²) in [6.07, 6.45) is 3.43. The molecule has 0 unspecified atom stereocenters. The molecule has 0 spiro atoms. The van der Waals surface area contributed by atoms with Crippen molar-refractivity contribution in [3.63, 3.8) is 0 Å². The number of nitrogens with one attached hydrogen (secondary N) is 1. The van der Waals surface area contributed by atoms with E-state index >= 15 is 0 Å². The van der Waals surface area contributed by atoms with Crippen LogP contribution < -0.4 is 5.32 Å². The number of rotatable bonds is 7. The molecule has 0 aliphatic heterocycles. The van der Waals surface area contributed by atoms with E-state index < -0.39 is 0 Å². The Bertz CT molecular complexity index is 457. The van der Waals surface area contributed by atoms with Gasteiger partial charge in [-0.25, -0.2) is 0 Å². The van der Waals surface area contributed by atoms with Crippen LogP contribution in [0, 0.1) is 0 Å². The first-order valence-electron chi connectivity index (χ1n) is 5.89. The minimum absolute atomic E-state index is 0.634. The lowest BCUT2D eigenvalue weighted by Crippen LogP contribution is -2.18.